The van der Waals surface area contributed by atoms with Crippen LogP contribution in [0.1, 0.15) is 24.0 Å². The summed E-state index contributed by atoms with van der Waals surface area (Å²) in [7, 11) is 1.83. The molecule has 0 aliphatic carbocycles. The Bertz CT molecular complexity index is 819. The summed E-state index contributed by atoms with van der Waals surface area (Å²) in [5.74, 6) is 0.700. The summed E-state index contributed by atoms with van der Waals surface area (Å²) < 4.78 is 19.0. The van der Waals surface area contributed by atoms with E-state index in [-0.39, 0.29) is 35.2 Å². The fourth-order valence-corrected chi connectivity index (χ4v) is 4.23. The van der Waals surface area contributed by atoms with Gasteiger partial charge < -0.3 is 15.0 Å². The number of anilines is 1. The van der Waals surface area contributed by atoms with E-state index < -0.39 is 0 Å². The Morgan fingerprint density at radius 2 is 1.86 bits per heavy atom. The van der Waals surface area contributed by atoms with Crippen molar-refractivity contribution in [3.05, 3.63) is 65.5 Å². The number of halogens is 2. The molecule has 6 heteroatoms. The lowest BCUT2D eigenvalue weighted by Gasteiger charge is -2.39. The van der Waals surface area contributed by atoms with Gasteiger partial charge in [0.2, 0.25) is 0 Å². The number of hydrogen-bond donors (Lipinski definition) is 1. The van der Waals surface area contributed by atoms with Gasteiger partial charge in [0.05, 0.1) is 0 Å². The lowest BCUT2D eigenvalue weighted by atomic mass is 9.74. The van der Waals surface area contributed by atoms with Crippen molar-refractivity contribution in [2.45, 2.75) is 24.7 Å². The van der Waals surface area contributed by atoms with Crippen molar-refractivity contribution >= 4 is 35.6 Å². The van der Waals surface area contributed by atoms with E-state index in [1.54, 1.807) is 12.1 Å². The fraction of sp³-hybridized carbons (Fsp3) is 0.409. The van der Waals surface area contributed by atoms with Crippen molar-refractivity contribution in [1.82, 2.24) is 5.32 Å². The molecule has 0 bridgehead atoms. The van der Waals surface area contributed by atoms with Gasteiger partial charge in [-0.25, -0.2) is 4.39 Å². The molecule has 4 nitrogen and oxygen atoms in total. The lowest BCUT2D eigenvalue weighted by Crippen LogP contribution is -2.49. The Morgan fingerprint density at radius 3 is 2.57 bits per heavy atom. The molecule has 0 unspecified atom stereocenters. The highest BCUT2D eigenvalue weighted by atomic mass is 127. The van der Waals surface area contributed by atoms with Crippen LogP contribution in [0.3, 0.4) is 0 Å². The summed E-state index contributed by atoms with van der Waals surface area (Å²) in [6.07, 6.45) is 2.87. The predicted octanol–water partition coefficient (Wildman–Crippen LogP) is 4.13. The number of ether oxygens (including phenoxy) is 1. The average Bonchev–Trinajstić information content (AvgIpc) is 3.14. The van der Waals surface area contributed by atoms with E-state index in [4.69, 9.17) is 4.74 Å². The number of aliphatic imine (C=N–C) groups is 1. The second kappa shape index (κ2) is 9.22. The Morgan fingerprint density at radius 1 is 1.14 bits per heavy atom. The van der Waals surface area contributed by atoms with Crippen LogP contribution in [0.2, 0.25) is 0 Å². The van der Waals surface area contributed by atoms with Crippen molar-refractivity contribution < 1.29 is 9.13 Å². The molecule has 2 aliphatic heterocycles. The van der Waals surface area contributed by atoms with Crippen LogP contribution in [0.15, 0.2) is 53.5 Å². The minimum Gasteiger partial charge on any atom is -0.381 e. The van der Waals surface area contributed by atoms with Crippen molar-refractivity contribution in [1.29, 1.82) is 0 Å². The first-order valence-corrected chi connectivity index (χ1v) is 9.62. The quantitative estimate of drug-likeness (QED) is 0.396. The second-order valence-electron chi connectivity index (χ2n) is 7.33. The molecule has 28 heavy (non-hydrogen) atoms. The molecule has 150 valence electrons. The molecule has 2 aromatic carbocycles. The third kappa shape index (κ3) is 4.17. The van der Waals surface area contributed by atoms with Gasteiger partial charge >= 0.3 is 0 Å². The average molecular weight is 495 g/mol. The third-order valence-electron chi connectivity index (χ3n) is 5.85. The van der Waals surface area contributed by atoms with Gasteiger partial charge in [0.1, 0.15) is 5.82 Å². The van der Waals surface area contributed by atoms with Crippen molar-refractivity contribution in [3.63, 3.8) is 0 Å². The largest absolute Gasteiger partial charge is 0.381 e. The van der Waals surface area contributed by atoms with Gasteiger partial charge in [-0.05, 0) is 48.6 Å². The smallest absolute Gasteiger partial charge is 0.198 e. The minimum atomic E-state index is -0.196. The molecule has 2 aromatic rings. The molecular weight excluding hydrogens is 468 g/mol. The summed E-state index contributed by atoms with van der Waals surface area (Å²) >= 11 is 0. The van der Waals surface area contributed by atoms with Crippen LogP contribution in [-0.4, -0.2) is 39.3 Å². The number of rotatable bonds is 3. The van der Waals surface area contributed by atoms with E-state index in [1.165, 1.54) is 11.3 Å². The molecule has 2 heterocycles. The van der Waals surface area contributed by atoms with Gasteiger partial charge in [0, 0.05) is 44.5 Å². The molecule has 1 N–H and O–H groups in total. The zero-order valence-electron chi connectivity index (χ0n) is 16.2. The number of guanidine groups is 1. The van der Waals surface area contributed by atoms with Gasteiger partial charge in [-0.1, -0.05) is 30.3 Å². The highest BCUT2D eigenvalue weighted by Gasteiger charge is 2.35. The highest BCUT2D eigenvalue weighted by Crippen LogP contribution is 2.35. The maximum absolute atomic E-state index is 13.4. The molecule has 0 aromatic heterocycles. The predicted molar refractivity (Wildman–Crippen MR) is 122 cm³/mol. The monoisotopic (exact) mass is 495 g/mol. The summed E-state index contributed by atoms with van der Waals surface area (Å²) in [5.41, 5.74) is 3.69. The molecule has 2 aliphatic rings. The maximum atomic E-state index is 13.4. The van der Waals surface area contributed by atoms with Crippen molar-refractivity contribution in [2.24, 2.45) is 4.99 Å². The molecule has 0 radical (unpaired) electrons. The SMILES string of the molecule is CN=C(NCC1(c2ccc(F)cc2)CCOCC1)N1CCc2ccccc21.I. The topological polar surface area (TPSA) is 36.9 Å². The first-order valence-electron chi connectivity index (χ1n) is 9.62. The Labute approximate surface area is 183 Å². The summed E-state index contributed by atoms with van der Waals surface area (Å²) in [6.45, 7) is 3.15. The van der Waals surface area contributed by atoms with Crippen LogP contribution in [0.5, 0.6) is 0 Å². The Kier molecular flexibility index (Phi) is 6.93. The van der Waals surface area contributed by atoms with Gasteiger partial charge in [-0.15, -0.1) is 24.0 Å². The van der Waals surface area contributed by atoms with Crippen LogP contribution >= 0.6 is 24.0 Å². The van der Waals surface area contributed by atoms with Gasteiger partial charge in [-0.2, -0.15) is 0 Å². The summed E-state index contributed by atoms with van der Waals surface area (Å²) in [4.78, 5) is 6.79. The van der Waals surface area contributed by atoms with E-state index in [2.05, 4.69) is 39.5 Å². The normalized spacial score (nSPS) is 18.4. The molecule has 0 spiro atoms. The first-order chi connectivity index (χ1) is 13.2. The fourth-order valence-electron chi connectivity index (χ4n) is 4.23. The van der Waals surface area contributed by atoms with Crippen LogP contribution < -0.4 is 10.2 Å². The molecule has 1 fully saturated rings. The van der Waals surface area contributed by atoms with Gasteiger partial charge in [0.25, 0.3) is 0 Å². The van der Waals surface area contributed by atoms with E-state index in [1.807, 2.05) is 19.2 Å². The highest BCUT2D eigenvalue weighted by molar-refractivity contribution is 14.0. The number of benzene rings is 2. The van der Waals surface area contributed by atoms with Gasteiger partial charge in [-0.3, -0.25) is 4.99 Å². The van der Waals surface area contributed by atoms with E-state index in [0.29, 0.717) is 0 Å². The number of hydrogen-bond acceptors (Lipinski definition) is 2. The van der Waals surface area contributed by atoms with Crippen molar-refractivity contribution in [2.75, 3.05) is 38.3 Å². The second-order valence-corrected chi connectivity index (χ2v) is 7.33. The van der Waals surface area contributed by atoms with Crippen LogP contribution in [0.4, 0.5) is 10.1 Å². The van der Waals surface area contributed by atoms with Crippen LogP contribution in [-0.2, 0) is 16.6 Å². The third-order valence-corrected chi connectivity index (χ3v) is 5.85. The first kappa shape index (κ1) is 21.0. The van der Waals surface area contributed by atoms with Crippen LogP contribution in [0, 0.1) is 5.82 Å². The zero-order chi connectivity index (χ0) is 18.7. The number of nitrogens with zero attached hydrogens (tertiary/aromatic N) is 2. The standard InChI is InChI=1S/C22H26FN3O.HI/c1-24-21(26-13-10-17-4-2-3-5-20(17)26)25-16-22(11-14-27-15-12-22)18-6-8-19(23)9-7-18;/h2-9H,10-16H2,1H3,(H,24,25);1H. The van der Waals surface area contributed by atoms with E-state index in [0.717, 1.165) is 57.1 Å². The maximum Gasteiger partial charge on any atom is 0.198 e. The number of nitrogens with one attached hydrogen (secondary N) is 1. The molecular formula is C22H27FIN3O. The minimum absolute atomic E-state index is 0. The molecule has 0 saturated carbocycles. The van der Waals surface area contributed by atoms with E-state index >= 15 is 0 Å². The lowest BCUT2D eigenvalue weighted by molar-refractivity contribution is 0.0514. The molecule has 0 amide bonds. The van der Waals surface area contributed by atoms with Crippen molar-refractivity contribution in [3.8, 4) is 0 Å². The summed E-state index contributed by atoms with van der Waals surface area (Å²) in [5, 5.41) is 3.60. The van der Waals surface area contributed by atoms with Gasteiger partial charge in [0.15, 0.2) is 5.96 Å². The Balaban J connectivity index is 0.00000225. The van der Waals surface area contributed by atoms with E-state index in [9.17, 15) is 4.39 Å². The zero-order valence-corrected chi connectivity index (χ0v) is 18.5. The van der Waals surface area contributed by atoms with Crippen LogP contribution in [0.25, 0.3) is 0 Å². The Hall–Kier alpha value is -1.67. The number of para-hydroxylation sites is 1. The molecule has 4 rings (SSSR count). The molecule has 1 saturated heterocycles. The molecule has 0 atom stereocenters. The summed E-state index contributed by atoms with van der Waals surface area (Å²) in [6, 6.07) is 15.4. The number of fused-ring (bicyclic) bond motifs is 1.